The van der Waals surface area contributed by atoms with Gasteiger partial charge in [0.05, 0.1) is 13.0 Å². The molecule has 2 N–H and O–H groups in total. The van der Waals surface area contributed by atoms with Gasteiger partial charge in [-0.05, 0) is 24.5 Å². The Hall–Kier alpha value is -3.16. The molecule has 1 amide bonds. The Bertz CT molecular complexity index is 976. The highest BCUT2D eigenvalue weighted by Crippen LogP contribution is 2.19. The van der Waals surface area contributed by atoms with Gasteiger partial charge in [0, 0.05) is 44.3 Å². The zero-order valence-electron chi connectivity index (χ0n) is 16.3. The van der Waals surface area contributed by atoms with E-state index < -0.39 is 0 Å². The van der Waals surface area contributed by atoms with Gasteiger partial charge >= 0.3 is 0 Å². The first-order chi connectivity index (χ1) is 13.6. The van der Waals surface area contributed by atoms with E-state index in [2.05, 4.69) is 30.2 Å². The van der Waals surface area contributed by atoms with Crippen molar-refractivity contribution in [2.24, 2.45) is 0 Å². The Kier molecular flexibility index (Phi) is 5.10. The fraction of sp³-hybridized carbons (Fsp3) is 0.400. The summed E-state index contributed by atoms with van der Waals surface area (Å²) >= 11 is 0. The maximum atomic E-state index is 12.5. The predicted molar refractivity (Wildman–Crippen MR) is 109 cm³/mol. The van der Waals surface area contributed by atoms with Gasteiger partial charge < -0.3 is 20.1 Å². The molecule has 0 aliphatic carbocycles. The first kappa shape index (κ1) is 18.2. The van der Waals surface area contributed by atoms with Crippen molar-refractivity contribution in [1.82, 2.24) is 25.3 Å². The third-order valence-electron chi connectivity index (χ3n) is 4.92. The molecular weight excluding hydrogens is 354 g/mol. The molecule has 1 aliphatic rings. The number of carbonyl (C=O) groups excluding carboxylic acids is 1. The molecule has 0 atom stereocenters. The van der Waals surface area contributed by atoms with Crippen LogP contribution >= 0.6 is 0 Å². The second-order valence-corrected chi connectivity index (χ2v) is 7.25. The second kappa shape index (κ2) is 7.84. The van der Waals surface area contributed by atoms with Gasteiger partial charge in [0.25, 0.3) is 0 Å². The van der Waals surface area contributed by atoms with Gasteiger partial charge in [0.15, 0.2) is 5.82 Å². The van der Waals surface area contributed by atoms with Gasteiger partial charge in [0.1, 0.15) is 0 Å². The van der Waals surface area contributed by atoms with Gasteiger partial charge in [-0.2, -0.15) is 15.0 Å². The number of nitrogens with one attached hydrogen (secondary N) is 2. The van der Waals surface area contributed by atoms with Crippen LogP contribution in [0.25, 0.3) is 10.9 Å². The number of hydrogen-bond donors (Lipinski definition) is 2. The number of aromatic amines is 1. The normalized spacial score (nSPS) is 13.9. The lowest BCUT2D eigenvalue weighted by molar-refractivity contribution is -0.120. The summed E-state index contributed by atoms with van der Waals surface area (Å²) in [6, 6.07) is 7.98. The highest BCUT2D eigenvalue weighted by Gasteiger charge is 2.18. The number of fused-ring (bicyclic) bond motifs is 1. The summed E-state index contributed by atoms with van der Waals surface area (Å²) in [6.07, 6.45) is 4.51. The number of carbonyl (C=O) groups is 1. The fourth-order valence-corrected chi connectivity index (χ4v) is 3.42. The standard InChI is InChI=1S/C20H25N7O/c1-26(2)19-23-17(24-20(25-19)27-9-5-6-10-27)13-22-18(28)11-14-12-21-16-8-4-3-7-15(14)16/h3-4,7-8,12,21H,5-6,9-11,13H2,1-2H3,(H,22,28). The third-order valence-corrected chi connectivity index (χ3v) is 4.92. The lowest BCUT2D eigenvalue weighted by Crippen LogP contribution is -2.28. The SMILES string of the molecule is CN(C)c1nc(CNC(=O)Cc2c[nH]c3ccccc23)nc(N2CCCC2)n1. The first-order valence-electron chi connectivity index (χ1n) is 9.59. The predicted octanol–water partition coefficient (Wildman–Crippen LogP) is 1.88. The molecule has 8 heteroatoms. The smallest absolute Gasteiger partial charge is 0.230 e. The highest BCUT2D eigenvalue weighted by molar-refractivity contribution is 5.88. The maximum absolute atomic E-state index is 12.5. The van der Waals surface area contributed by atoms with Crippen LogP contribution in [-0.2, 0) is 17.8 Å². The van der Waals surface area contributed by atoms with Crippen molar-refractivity contribution in [2.45, 2.75) is 25.8 Å². The number of aromatic nitrogens is 4. The number of para-hydroxylation sites is 1. The molecule has 8 nitrogen and oxygen atoms in total. The van der Waals surface area contributed by atoms with Crippen LogP contribution in [0.4, 0.5) is 11.9 Å². The Morgan fingerprint density at radius 1 is 1.18 bits per heavy atom. The Morgan fingerprint density at radius 2 is 1.96 bits per heavy atom. The number of nitrogens with zero attached hydrogens (tertiary/aromatic N) is 5. The van der Waals surface area contributed by atoms with Gasteiger partial charge in [-0.25, -0.2) is 0 Å². The van der Waals surface area contributed by atoms with Crippen molar-refractivity contribution in [3.63, 3.8) is 0 Å². The molecular formula is C20H25N7O. The summed E-state index contributed by atoms with van der Waals surface area (Å²) in [4.78, 5) is 33.3. The quantitative estimate of drug-likeness (QED) is 0.680. The summed E-state index contributed by atoms with van der Waals surface area (Å²) < 4.78 is 0. The molecule has 0 radical (unpaired) electrons. The maximum Gasteiger partial charge on any atom is 0.230 e. The molecule has 1 aliphatic heterocycles. The first-order valence-corrected chi connectivity index (χ1v) is 9.59. The Labute approximate surface area is 164 Å². The molecule has 146 valence electrons. The van der Waals surface area contributed by atoms with Crippen molar-refractivity contribution in [1.29, 1.82) is 0 Å². The van der Waals surface area contributed by atoms with Crippen molar-refractivity contribution in [3.05, 3.63) is 41.9 Å². The van der Waals surface area contributed by atoms with E-state index in [1.807, 2.05) is 49.5 Å². The number of rotatable bonds is 6. The van der Waals surface area contributed by atoms with Crippen LogP contribution in [0.2, 0.25) is 0 Å². The van der Waals surface area contributed by atoms with Crippen molar-refractivity contribution in [3.8, 4) is 0 Å². The largest absolute Gasteiger partial charge is 0.361 e. The van der Waals surface area contributed by atoms with E-state index in [9.17, 15) is 4.79 Å². The minimum absolute atomic E-state index is 0.0562. The van der Waals surface area contributed by atoms with Gasteiger partial charge in [-0.1, -0.05) is 18.2 Å². The number of anilines is 2. The minimum atomic E-state index is -0.0562. The topological polar surface area (TPSA) is 90.0 Å². The zero-order valence-corrected chi connectivity index (χ0v) is 16.3. The molecule has 1 fully saturated rings. The van der Waals surface area contributed by atoms with Crippen LogP contribution in [0.1, 0.15) is 24.2 Å². The number of hydrogen-bond acceptors (Lipinski definition) is 6. The number of benzene rings is 1. The van der Waals surface area contributed by atoms with E-state index >= 15 is 0 Å². The van der Waals surface area contributed by atoms with Crippen LogP contribution in [-0.4, -0.2) is 53.0 Å². The second-order valence-electron chi connectivity index (χ2n) is 7.25. The zero-order chi connectivity index (χ0) is 19.5. The Balaban J connectivity index is 1.45. The molecule has 0 spiro atoms. The van der Waals surface area contributed by atoms with Gasteiger partial charge in [0.2, 0.25) is 17.8 Å². The molecule has 0 saturated carbocycles. The Morgan fingerprint density at radius 3 is 2.75 bits per heavy atom. The fourth-order valence-electron chi connectivity index (χ4n) is 3.42. The van der Waals surface area contributed by atoms with E-state index in [0.29, 0.717) is 24.1 Å². The van der Waals surface area contributed by atoms with E-state index in [4.69, 9.17) is 0 Å². The van der Waals surface area contributed by atoms with Crippen LogP contribution < -0.4 is 15.1 Å². The summed E-state index contributed by atoms with van der Waals surface area (Å²) in [6.45, 7) is 2.21. The van der Waals surface area contributed by atoms with E-state index in [-0.39, 0.29) is 12.5 Å². The van der Waals surface area contributed by atoms with E-state index in [1.165, 1.54) is 0 Å². The lowest BCUT2D eigenvalue weighted by Gasteiger charge is -2.18. The summed E-state index contributed by atoms with van der Waals surface area (Å²) in [5.74, 6) is 1.82. The average Bonchev–Trinajstić information content (AvgIpc) is 3.37. The van der Waals surface area contributed by atoms with Crippen LogP contribution in [0.15, 0.2) is 30.5 Å². The molecule has 1 saturated heterocycles. The van der Waals surface area contributed by atoms with Gasteiger partial charge in [-0.3, -0.25) is 4.79 Å². The molecule has 1 aromatic carbocycles. The van der Waals surface area contributed by atoms with E-state index in [1.54, 1.807) is 0 Å². The monoisotopic (exact) mass is 379 g/mol. The third kappa shape index (κ3) is 3.90. The average molecular weight is 379 g/mol. The summed E-state index contributed by atoms with van der Waals surface area (Å²) in [5.41, 5.74) is 2.02. The molecule has 0 bridgehead atoms. The summed E-state index contributed by atoms with van der Waals surface area (Å²) in [7, 11) is 3.81. The van der Waals surface area contributed by atoms with Crippen LogP contribution in [0, 0.1) is 0 Å². The molecule has 3 heterocycles. The van der Waals surface area contributed by atoms with E-state index in [0.717, 1.165) is 42.4 Å². The number of H-pyrrole nitrogens is 1. The minimum Gasteiger partial charge on any atom is -0.361 e. The van der Waals surface area contributed by atoms with Crippen molar-refractivity contribution in [2.75, 3.05) is 37.0 Å². The van der Waals surface area contributed by atoms with Crippen molar-refractivity contribution < 1.29 is 4.79 Å². The molecule has 28 heavy (non-hydrogen) atoms. The van der Waals surface area contributed by atoms with Crippen molar-refractivity contribution >= 4 is 28.7 Å². The molecule has 0 unspecified atom stereocenters. The molecule has 4 rings (SSSR count). The van der Waals surface area contributed by atoms with Crippen LogP contribution in [0.5, 0.6) is 0 Å². The molecule has 2 aromatic heterocycles. The number of amides is 1. The summed E-state index contributed by atoms with van der Waals surface area (Å²) in [5, 5.41) is 4.02. The van der Waals surface area contributed by atoms with Gasteiger partial charge in [-0.15, -0.1) is 0 Å². The molecule has 3 aromatic rings. The van der Waals surface area contributed by atoms with Crippen LogP contribution in [0.3, 0.4) is 0 Å². The lowest BCUT2D eigenvalue weighted by atomic mass is 10.1. The highest BCUT2D eigenvalue weighted by atomic mass is 16.1.